The van der Waals surface area contributed by atoms with Crippen molar-refractivity contribution >= 4 is 12.9 Å². The molecule has 0 aliphatic carbocycles. The molecule has 0 spiro atoms. The predicted molar refractivity (Wildman–Crippen MR) is 148 cm³/mol. The van der Waals surface area contributed by atoms with E-state index >= 15 is 0 Å². The summed E-state index contributed by atoms with van der Waals surface area (Å²) < 4.78 is 12.8. The van der Waals surface area contributed by atoms with Crippen molar-refractivity contribution in [3.63, 3.8) is 0 Å². The van der Waals surface area contributed by atoms with Crippen molar-refractivity contribution in [1.82, 2.24) is 0 Å². The molecule has 183 valence electrons. The van der Waals surface area contributed by atoms with Gasteiger partial charge in [-0.05, 0) is 42.6 Å². The van der Waals surface area contributed by atoms with Crippen molar-refractivity contribution in [2.24, 2.45) is 0 Å². The Morgan fingerprint density at radius 1 is 0.811 bits per heavy atom. The van der Waals surface area contributed by atoms with E-state index in [0.29, 0.717) is 17.1 Å². The minimum absolute atomic E-state index is 0.534. The van der Waals surface area contributed by atoms with Crippen molar-refractivity contribution in [2.75, 3.05) is 0 Å². The van der Waals surface area contributed by atoms with Gasteiger partial charge in [0.15, 0.2) is 5.60 Å². The molecule has 0 amide bonds. The lowest BCUT2D eigenvalue weighted by molar-refractivity contribution is -0.0893. The molecule has 5 rings (SSSR count). The van der Waals surface area contributed by atoms with Crippen molar-refractivity contribution in [3.8, 4) is 17.6 Å². The quantitative estimate of drug-likeness (QED) is 0.232. The van der Waals surface area contributed by atoms with Crippen LogP contribution in [-0.2, 0) is 10.1 Å². The Bertz CT molecular complexity index is 1430. The van der Waals surface area contributed by atoms with Crippen molar-refractivity contribution in [1.29, 1.82) is 5.26 Å². The van der Waals surface area contributed by atoms with E-state index in [-0.39, 0.29) is 0 Å². The first-order chi connectivity index (χ1) is 17.7. The van der Waals surface area contributed by atoms with Crippen LogP contribution in [0.25, 0.3) is 0 Å². The lowest BCUT2D eigenvalue weighted by Crippen LogP contribution is -2.49. The summed E-state index contributed by atoms with van der Waals surface area (Å²) in [6.07, 6.45) is 0. The van der Waals surface area contributed by atoms with E-state index in [2.05, 4.69) is 60.7 Å². The van der Waals surface area contributed by atoms with Crippen molar-refractivity contribution in [2.45, 2.75) is 44.3 Å². The van der Waals surface area contributed by atoms with Gasteiger partial charge < -0.3 is 14.5 Å². The molecule has 0 saturated carbocycles. The van der Waals surface area contributed by atoms with Crippen LogP contribution in [0.3, 0.4) is 0 Å². The van der Waals surface area contributed by atoms with Gasteiger partial charge in [0.25, 0.3) is 0 Å². The first-order valence-electron chi connectivity index (χ1n) is 12.4. The van der Waals surface area contributed by atoms with Gasteiger partial charge in [-0.15, -0.1) is 0 Å². The summed E-state index contributed by atoms with van der Waals surface area (Å²) in [6.45, 7) is 7.51. The maximum atomic E-state index is 9.65. The summed E-state index contributed by atoms with van der Waals surface area (Å²) in [5.41, 5.74) is 3.26. The predicted octanol–water partition coefficient (Wildman–Crippen LogP) is 5.59. The molecule has 37 heavy (non-hydrogen) atoms. The van der Waals surface area contributed by atoms with E-state index in [1.165, 1.54) is 0 Å². The number of rotatable bonds is 6. The average Bonchev–Trinajstić information content (AvgIpc) is 2.90. The molecule has 5 heteroatoms. The maximum absolute atomic E-state index is 9.65. The second kappa shape index (κ2) is 9.23. The fraction of sp³-hybridized carbons (Fsp3) is 0.219. The van der Waals surface area contributed by atoms with Crippen molar-refractivity contribution < 1.29 is 14.5 Å². The molecule has 1 aliphatic heterocycles. The van der Waals surface area contributed by atoms with Gasteiger partial charge in [0.05, 0.1) is 17.0 Å². The van der Waals surface area contributed by atoms with Crippen LogP contribution in [0.15, 0.2) is 97.1 Å². The molecule has 4 aromatic carbocycles. The highest BCUT2D eigenvalue weighted by Crippen LogP contribution is 2.54. The molecular formula is C32H30BNO3+. The van der Waals surface area contributed by atoms with E-state index < -0.39 is 16.6 Å². The number of ether oxygens (including phenoxy) is 1. The minimum Gasteiger partial charge on any atom is -0.457 e. The molecular weight excluding hydrogens is 457 g/mol. The zero-order valence-electron chi connectivity index (χ0n) is 21.6. The van der Waals surface area contributed by atoms with Crippen LogP contribution in [-0.4, -0.2) is 23.8 Å². The number of nitrogens with zero attached hydrogens (tertiary/aromatic N) is 1. The Morgan fingerprint density at radius 2 is 1.43 bits per heavy atom. The SMILES string of the molecule is CC(C)([OH2+])C(C)(C)O[B]c1cccc2c1Oc1cc(C#N)ccc1C2(c1ccccc1)c1ccccc1. The molecule has 0 unspecified atom stereocenters. The zero-order valence-corrected chi connectivity index (χ0v) is 21.6. The fourth-order valence-electron chi connectivity index (χ4n) is 4.82. The summed E-state index contributed by atoms with van der Waals surface area (Å²) in [4.78, 5) is 0. The number of nitriles is 1. The second-order valence-electron chi connectivity index (χ2n) is 10.5. The molecule has 1 aliphatic rings. The van der Waals surface area contributed by atoms with E-state index in [4.69, 9.17) is 14.5 Å². The molecule has 2 N–H and O–H groups in total. The van der Waals surface area contributed by atoms with Crippen LogP contribution in [0.5, 0.6) is 11.5 Å². The van der Waals surface area contributed by atoms with Gasteiger partial charge in [-0.1, -0.05) is 84.9 Å². The lowest BCUT2D eigenvalue weighted by Gasteiger charge is -2.42. The highest BCUT2D eigenvalue weighted by molar-refractivity contribution is 6.48. The number of fused-ring (bicyclic) bond motifs is 2. The average molecular weight is 487 g/mol. The molecule has 0 fully saturated rings. The van der Waals surface area contributed by atoms with E-state index in [1.54, 1.807) is 7.48 Å². The third kappa shape index (κ3) is 4.13. The smallest absolute Gasteiger partial charge is 0.335 e. The fourth-order valence-corrected chi connectivity index (χ4v) is 4.82. The lowest BCUT2D eigenvalue weighted by atomic mass is 9.62. The Labute approximate surface area is 219 Å². The van der Waals surface area contributed by atoms with Crippen LogP contribution in [0.4, 0.5) is 0 Å². The third-order valence-corrected chi connectivity index (χ3v) is 7.58. The van der Waals surface area contributed by atoms with E-state index in [0.717, 1.165) is 27.7 Å². The van der Waals surface area contributed by atoms with Crippen LogP contribution in [0.2, 0.25) is 0 Å². The Hall–Kier alpha value is -3.85. The Balaban J connectivity index is 1.79. The Morgan fingerprint density at radius 3 is 2.00 bits per heavy atom. The first-order valence-corrected chi connectivity index (χ1v) is 12.4. The van der Waals surface area contributed by atoms with Gasteiger partial charge in [-0.2, -0.15) is 5.26 Å². The van der Waals surface area contributed by atoms with Gasteiger partial charge in [-0.3, -0.25) is 0 Å². The highest BCUT2D eigenvalue weighted by Gasteiger charge is 2.46. The largest absolute Gasteiger partial charge is 0.457 e. The monoisotopic (exact) mass is 487 g/mol. The van der Waals surface area contributed by atoms with Crippen LogP contribution < -0.4 is 10.2 Å². The van der Waals surface area contributed by atoms with Gasteiger partial charge in [0, 0.05) is 25.0 Å². The number of hydrogen-bond donors (Lipinski definition) is 0. The van der Waals surface area contributed by atoms with Gasteiger partial charge >= 0.3 is 7.48 Å². The number of para-hydroxylation sites is 1. The number of benzene rings is 4. The molecule has 0 atom stereocenters. The highest BCUT2D eigenvalue weighted by atomic mass is 16.5. The summed E-state index contributed by atoms with van der Waals surface area (Å²) >= 11 is 0. The summed E-state index contributed by atoms with van der Waals surface area (Å²) in [7, 11) is 1.70. The normalized spacial score (nSPS) is 14.1. The molecule has 4 aromatic rings. The molecule has 0 saturated heterocycles. The Kier molecular flexibility index (Phi) is 6.19. The molecule has 1 radical (unpaired) electrons. The number of hydrogen-bond acceptors (Lipinski definition) is 3. The maximum Gasteiger partial charge on any atom is 0.335 e. The standard InChI is InChI=1S/C32H29BNO3/c1-30(2,35)31(3,4)37-33-27-17-11-16-26-29(27)36-28-20-22(21-34)18-19-25(28)32(26,23-12-7-5-8-13-23)24-14-9-6-10-15-24/h5-20,35H,1-4H3/p+1. The topological polar surface area (TPSA) is 65.2 Å². The first kappa shape index (κ1) is 24.8. The second-order valence-corrected chi connectivity index (χ2v) is 10.5. The van der Waals surface area contributed by atoms with Crippen molar-refractivity contribution in [3.05, 3.63) is 125 Å². The summed E-state index contributed by atoms with van der Waals surface area (Å²) in [5.74, 6) is 1.32. The minimum atomic E-state index is -0.814. The van der Waals surface area contributed by atoms with Crippen LogP contribution in [0.1, 0.15) is 55.5 Å². The van der Waals surface area contributed by atoms with Gasteiger partial charge in [0.2, 0.25) is 0 Å². The van der Waals surface area contributed by atoms with Gasteiger partial charge in [0.1, 0.15) is 17.1 Å². The third-order valence-electron chi connectivity index (χ3n) is 7.58. The van der Waals surface area contributed by atoms with Crippen LogP contribution >= 0.6 is 0 Å². The summed E-state index contributed by atoms with van der Waals surface area (Å²) in [5, 5.41) is 18.2. The van der Waals surface area contributed by atoms with E-state index in [1.807, 2.05) is 70.2 Å². The van der Waals surface area contributed by atoms with Gasteiger partial charge in [-0.25, -0.2) is 0 Å². The zero-order chi connectivity index (χ0) is 26.3. The molecule has 4 nitrogen and oxygen atoms in total. The summed E-state index contributed by atoms with van der Waals surface area (Å²) in [6, 6.07) is 34.8. The van der Waals surface area contributed by atoms with E-state index in [9.17, 15) is 5.26 Å². The molecule has 0 bridgehead atoms. The molecule has 0 aromatic heterocycles. The molecule has 1 heterocycles. The van der Waals surface area contributed by atoms with Crippen LogP contribution in [0, 0.1) is 11.3 Å².